The van der Waals surface area contributed by atoms with Gasteiger partial charge in [-0.05, 0) is 42.9 Å². The van der Waals surface area contributed by atoms with Crippen LogP contribution in [0.3, 0.4) is 0 Å². The van der Waals surface area contributed by atoms with Crippen molar-refractivity contribution in [3.63, 3.8) is 0 Å². The van der Waals surface area contributed by atoms with Crippen molar-refractivity contribution in [3.05, 3.63) is 41.0 Å². The van der Waals surface area contributed by atoms with Gasteiger partial charge in [0.25, 0.3) is 0 Å². The van der Waals surface area contributed by atoms with Crippen molar-refractivity contribution in [2.45, 2.75) is 45.1 Å². The van der Waals surface area contributed by atoms with Gasteiger partial charge in [0, 0.05) is 22.2 Å². The minimum absolute atomic E-state index is 0.343. The van der Waals surface area contributed by atoms with Crippen LogP contribution in [-0.4, -0.2) is 10.1 Å². The summed E-state index contributed by atoms with van der Waals surface area (Å²) in [6.07, 6.45) is 7.30. The molecule has 21 heavy (non-hydrogen) atoms. The second kappa shape index (κ2) is 6.33. The molecular weight excluding hydrogens is 282 g/mol. The maximum absolute atomic E-state index is 10.9. The van der Waals surface area contributed by atoms with Gasteiger partial charge in [-0.1, -0.05) is 43.9 Å². The fourth-order valence-corrected chi connectivity index (χ4v) is 3.86. The zero-order valence-electron chi connectivity index (χ0n) is 12.4. The molecule has 1 saturated carbocycles. The Morgan fingerprint density at radius 3 is 3.00 bits per heavy atom. The lowest BCUT2D eigenvalue weighted by Gasteiger charge is -2.32. The molecular formula is C18H22ClNO. The van der Waals surface area contributed by atoms with Crippen molar-refractivity contribution >= 4 is 22.5 Å². The van der Waals surface area contributed by atoms with Crippen LogP contribution in [0, 0.1) is 11.8 Å². The smallest absolute Gasteiger partial charge is 0.0839 e. The number of aliphatic hydroxyl groups excluding tert-OH is 1. The monoisotopic (exact) mass is 303 g/mol. The van der Waals surface area contributed by atoms with Crippen molar-refractivity contribution < 1.29 is 5.11 Å². The van der Waals surface area contributed by atoms with Gasteiger partial charge in [0.15, 0.2) is 0 Å². The normalized spacial score (nSPS) is 24.1. The Labute approximate surface area is 131 Å². The number of benzene rings is 1. The quantitative estimate of drug-likeness (QED) is 0.852. The van der Waals surface area contributed by atoms with Gasteiger partial charge >= 0.3 is 0 Å². The van der Waals surface area contributed by atoms with E-state index in [1.54, 1.807) is 6.20 Å². The maximum atomic E-state index is 10.9. The Morgan fingerprint density at radius 2 is 2.19 bits per heavy atom. The molecule has 0 aliphatic heterocycles. The molecule has 2 aromatic rings. The summed E-state index contributed by atoms with van der Waals surface area (Å²) in [7, 11) is 0. The predicted molar refractivity (Wildman–Crippen MR) is 87.5 cm³/mol. The summed E-state index contributed by atoms with van der Waals surface area (Å²) in [5.41, 5.74) is 1.77. The number of hydrogen-bond donors (Lipinski definition) is 1. The van der Waals surface area contributed by atoms with Crippen LogP contribution < -0.4 is 0 Å². The van der Waals surface area contributed by atoms with Crippen molar-refractivity contribution in [2.24, 2.45) is 11.8 Å². The molecule has 3 unspecified atom stereocenters. The highest BCUT2D eigenvalue weighted by atomic mass is 35.5. The molecule has 1 aromatic carbocycles. The molecule has 3 rings (SSSR count). The number of aromatic nitrogens is 1. The van der Waals surface area contributed by atoms with Crippen LogP contribution in [0.2, 0.25) is 5.02 Å². The van der Waals surface area contributed by atoms with Gasteiger partial charge in [-0.2, -0.15) is 0 Å². The molecule has 1 N–H and O–H groups in total. The molecule has 0 bridgehead atoms. The van der Waals surface area contributed by atoms with E-state index in [2.05, 4.69) is 11.9 Å². The third-order valence-corrected chi connectivity index (χ3v) is 5.24. The lowest BCUT2D eigenvalue weighted by Crippen LogP contribution is -2.21. The van der Waals surface area contributed by atoms with E-state index >= 15 is 0 Å². The largest absolute Gasteiger partial charge is 0.388 e. The highest BCUT2D eigenvalue weighted by molar-refractivity contribution is 6.35. The van der Waals surface area contributed by atoms with Crippen molar-refractivity contribution in [3.8, 4) is 0 Å². The molecule has 3 atom stereocenters. The molecule has 1 fully saturated rings. The number of nitrogens with zero attached hydrogens (tertiary/aromatic N) is 1. The zero-order valence-corrected chi connectivity index (χ0v) is 13.2. The number of aliphatic hydroxyl groups is 1. The molecule has 1 aliphatic rings. The average Bonchev–Trinajstić information content (AvgIpc) is 2.55. The fraction of sp³-hybridized carbons (Fsp3) is 0.500. The van der Waals surface area contributed by atoms with E-state index < -0.39 is 6.10 Å². The van der Waals surface area contributed by atoms with Gasteiger partial charge < -0.3 is 5.11 Å². The van der Waals surface area contributed by atoms with Gasteiger partial charge in [-0.3, -0.25) is 4.98 Å². The second-order valence-corrected chi connectivity index (χ2v) is 6.59. The third-order valence-electron chi connectivity index (χ3n) is 4.91. The lowest BCUT2D eigenvalue weighted by molar-refractivity contribution is 0.0688. The topological polar surface area (TPSA) is 33.1 Å². The van der Waals surface area contributed by atoms with Gasteiger partial charge in [0.05, 0.1) is 11.6 Å². The minimum Gasteiger partial charge on any atom is -0.388 e. The van der Waals surface area contributed by atoms with E-state index in [1.165, 1.54) is 19.3 Å². The summed E-state index contributed by atoms with van der Waals surface area (Å²) in [6, 6.07) is 7.68. The van der Waals surface area contributed by atoms with E-state index in [0.29, 0.717) is 10.9 Å². The van der Waals surface area contributed by atoms with Crippen LogP contribution in [0.15, 0.2) is 30.5 Å². The third kappa shape index (κ3) is 2.93. The van der Waals surface area contributed by atoms with Crippen LogP contribution in [0.4, 0.5) is 0 Å². The van der Waals surface area contributed by atoms with E-state index in [1.807, 2.05) is 24.3 Å². The standard InChI is InChI=1S/C18H22ClNO/c1-2-12-5-3-6-13(11-12)18(21)15-8-9-16(19)14-7-4-10-20-17(14)15/h4,7-10,12-13,18,21H,2-3,5-6,11H2,1H3. The Bertz CT molecular complexity index is 628. The molecule has 2 nitrogen and oxygen atoms in total. The Kier molecular flexibility index (Phi) is 4.46. The minimum atomic E-state index is -0.436. The van der Waals surface area contributed by atoms with Crippen LogP contribution in [0.1, 0.15) is 50.7 Å². The first-order chi connectivity index (χ1) is 10.2. The van der Waals surface area contributed by atoms with Crippen molar-refractivity contribution in [1.29, 1.82) is 0 Å². The zero-order chi connectivity index (χ0) is 14.8. The molecule has 112 valence electrons. The number of hydrogen-bond acceptors (Lipinski definition) is 2. The molecule has 1 aromatic heterocycles. The van der Waals surface area contributed by atoms with Crippen molar-refractivity contribution in [2.75, 3.05) is 0 Å². The second-order valence-electron chi connectivity index (χ2n) is 6.18. The molecule has 1 aliphatic carbocycles. The molecule has 3 heteroatoms. The lowest BCUT2D eigenvalue weighted by atomic mass is 9.76. The summed E-state index contributed by atoms with van der Waals surface area (Å²) in [4.78, 5) is 4.45. The van der Waals surface area contributed by atoms with Gasteiger partial charge in [0.1, 0.15) is 0 Å². The molecule has 1 heterocycles. The Morgan fingerprint density at radius 1 is 1.33 bits per heavy atom. The number of halogens is 1. The summed E-state index contributed by atoms with van der Waals surface area (Å²) < 4.78 is 0. The van der Waals surface area contributed by atoms with Crippen molar-refractivity contribution in [1.82, 2.24) is 4.98 Å². The first kappa shape index (κ1) is 14.8. The number of rotatable bonds is 3. The van der Waals surface area contributed by atoms with Gasteiger partial charge in [-0.25, -0.2) is 0 Å². The maximum Gasteiger partial charge on any atom is 0.0839 e. The Balaban J connectivity index is 1.94. The first-order valence-corrected chi connectivity index (χ1v) is 8.29. The fourth-order valence-electron chi connectivity index (χ4n) is 3.64. The summed E-state index contributed by atoms with van der Waals surface area (Å²) in [6.45, 7) is 2.25. The summed E-state index contributed by atoms with van der Waals surface area (Å²) in [5, 5.41) is 12.5. The summed E-state index contributed by atoms with van der Waals surface area (Å²) >= 11 is 6.24. The molecule has 0 spiro atoms. The number of pyridine rings is 1. The highest BCUT2D eigenvalue weighted by Gasteiger charge is 2.28. The molecule has 0 amide bonds. The average molecular weight is 304 g/mol. The SMILES string of the molecule is CCC1CCCC(C(O)c2ccc(Cl)c3cccnc23)C1. The number of fused-ring (bicyclic) bond motifs is 1. The predicted octanol–water partition coefficient (Wildman–Crippen LogP) is 5.14. The molecule has 0 radical (unpaired) electrons. The highest BCUT2D eigenvalue weighted by Crippen LogP contribution is 2.40. The molecule has 0 saturated heterocycles. The van der Waals surface area contributed by atoms with E-state index in [-0.39, 0.29) is 0 Å². The first-order valence-electron chi connectivity index (χ1n) is 7.92. The van der Waals surface area contributed by atoms with Gasteiger partial charge in [-0.15, -0.1) is 0 Å². The van der Waals surface area contributed by atoms with E-state index in [9.17, 15) is 5.11 Å². The van der Waals surface area contributed by atoms with E-state index in [4.69, 9.17) is 11.6 Å². The van der Waals surface area contributed by atoms with Crippen LogP contribution in [-0.2, 0) is 0 Å². The Hall–Kier alpha value is -1.12. The van der Waals surface area contributed by atoms with Gasteiger partial charge in [0.2, 0.25) is 0 Å². The van der Waals surface area contributed by atoms with Crippen LogP contribution in [0.25, 0.3) is 10.9 Å². The van der Waals surface area contributed by atoms with Crippen LogP contribution >= 0.6 is 11.6 Å². The summed E-state index contributed by atoms with van der Waals surface area (Å²) in [5.74, 6) is 1.10. The van der Waals surface area contributed by atoms with E-state index in [0.717, 1.165) is 35.2 Å². The van der Waals surface area contributed by atoms with Crippen LogP contribution in [0.5, 0.6) is 0 Å².